The maximum absolute atomic E-state index is 13.6. The summed E-state index contributed by atoms with van der Waals surface area (Å²) in [4.78, 5) is 23.3. The number of nitrogens with one attached hydrogen (secondary N) is 2. The number of likely N-dealkylation sites (tertiary alicyclic amines) is 1. The first-order valence-corrected chi connectivity index (χ1v) is 10.0. The second kappa shape index (κ2) is 6.93. The van der Waals surface area contributed by atoms with Crippen molar-refractivity contribution in [2.75, 3.05) is 18.4 Å². The number of hydrogen-bond acceptors (Lipinski definition) is 3. The summed E-state index contributed by atoms with van der Waals surface area (Å²) in [6.45, 7) is 1.61. The van der Waals surface area contributed by atoms with Gasteiger partial charge in [-0.2, -0.15) is 0 Å². The van der Waals surface area contributed by atoms with Gasteiger partial charge in [-0.25, -0.2) is 9.37 Å². The number of anilines is 1. The molecule has 28 heavy (non-hydrogen) atoms. The molecule has 0 radical (unpaired) electrons. The average Bonchev–Trinajstić information content (AvgIpc) is 3.16. The predicted octanol–water partition coefficient (Wildman–Crippen LogP) is 4.43. The van der Waals surface area contributed by atoms with E-state index >= 15 is 0 Å². The number of aryl methyl sites for hydroxylation is 1. The highest BCUT2D eigenvalue weighted by molar-refractivity contribution is 6.00. The van der Waals surface area contributed by atoms with Gasteiger partial charge in [0.05, 0.1) is 28.3 Å². The van der Waals surface area contributed by atoms with E-state index in [2.05, 4.69) is 21.4 Å². The van der Waals surface area contributed by atoms with Crippen LogP contribution in [-0.4, -0.2) is 33.9 Å². The van der Waals surface area contributed by atoms with Gasteiger partial charge in [0.15, 0.2) is 0 Å². The lowest BCUT2D eigenvalue weighted by Crippen LogP contribution is -2.39. The molecule has 1 fully saturated rings. The number of hydrogen-bond donors (Lipinski definition) is 2. The summed E-state index contributed by atoms with van der Waals surface area (Å²) < 4.78 is 13.6. The number of aromatic amines is 1. The summed E-state index contributed by atoms with van der Waals surface area (Å²) in [6.07, 6.45) is 4.98. The molecule has 2 N–H and O–H groups in total. The van der Waals surface area contributed by atoms with Crippen molar-refractivity contribution >= 4 is 22.6 Å². The number of fused-ring (bicyclic) bond motifs is 2. The van der Waals surface area contributed by atoms with Gasteiger partial charge in [-0.1, -0.05) is 12.1 Å². The molecule has 0 saturated carbocycles. The van der Waals surface area contributed by atoms with Gasteiger partial charge in [-0.05, 0) is 61.9 Å². The van der Waals surface area contributed by atoms with Crippen LogP contribution in [-0.2, 0) is 6.42 Å². The molecule has 1 amide bonds. The molecular weight excluding hydrogens is 355 g/mol. The standard InChI is InChI=1S/C22H23FN4O/c23-15-9-10-17-18(13-15)26-21(25-17)19-8-1-2-12-27(19)22(28)16-7-3-5-14-6-4-11-24-20(14)16/h3,5,7,9-10,13,19,24H,1-2,4,6,8,11-12H2,(H,25,26). The van der Waals surface area contributed by atoms with Crippen LogP contribution in [0.25, 0.3) is 11.0 Å². The van der Waals surface area contributed by atoms with Crippen LogP contribution < -0.4 is 5.32 Å². The molecule has 2 aliphatic rings. The summed E-state index contributed by atoms with van der Waals surface area (Å²) in [5.41, 5.74) is 4.34. The highest BCUT2D eigenvalue weighted by atomic mass is 19.1. The molecule has 0 spiro atoms. The molecule has 3 heterocycles. The molecule has 3 aromatic rings. The molecule has 5 nitrogen and oxygen atoms in total. The first kappa shape index (κ1) is 17.2. The Morgan fingerprint density at radius 1 is 1.18 bits per heavy atom. The van der Waals surface area contributed by atoms with Crippen molar-refractivity contribution in [1.29, 1.82) is 0 Å². The Kier molecular flexibility index (Phi) is 4.26. The quantitative estimate of drug-likeness (QED) is 0.694. The molecule has 1 saturated heterocycles. The highest BCUT2D eigenvalue weighted by Crippen LogP contribution is 2.34. The van der Waals surface area contributed by atoms with Crippen molar-refractivity contribution in [3.63, 3.8) is 0 Å². The number of amides is 1. The number of nitrogens with zero attached hydrogens (tertiary/aromatic N) is 2. The Morgan fingerprint density at radius 2 is 2.11 bits per heavy atom. The van der Waals surface area contributed by atoms with E-state index < -0.39 is 0 Å². The molecule has 2 aliphatic heterocycles. The van der Waals surface area contributed by atoms with Crippen LogP contribution >= 0.6 is 0 Å². The first-order chi connectivity index (χ1) is 13.7. The van der Waals surface area contributed by atoms with E-state index in [-0.39, 0.29) is 17.8 Å². The minimum Gasteiger partial charge on any atom is -0.384 e. The summed E-state index contributed by atoms with van der Waals surface area (Å²) in [6, 6.07) is 10.4. The summed E-state index contributed by atoms with van der Waals surface area (Å²) in [7, 11) is 0. The topological polar surface area (TPSA) is 61.0 Å². The van der Waals surface area contributed by atoms with E-state index in [1.165, 1.54) is 17.7 Å². The predicted molar refractivity (Wildman–Crippen MR) is 107 cm³/mol. The number of benzene rings is 2. The van der Waals surface area contributed by atoms with E-state index in [4.69, 9.17) is 0 Å². The lowest BCUT2D eigenvalue weighted by Gasteiger charge is -2.35. The van der Waals surface area contributed by atoms with E-state index in [0.29, 0.717) is 12.1 Å². The maximum Gasteiger partial charge on any atom is 0.256 e. The van der Waals surface area contributed by atoms with Gasteiger partial charge < -0.3 is 15.2 Å². The Bertz CT molecular complexity index is 1040. The van der Waals surface area contributed by atoms with E-state index in [1.54, 1.807) is 6.07 Å². The highest BCUT2D eigenvalue weighted by Gasteiger charge is 2.32. The van der Waals surface area contributed by atoms with Crippen molar-refractivity contribution in [1.82, 2.24) is 14.9 Å². The number of aromatic nitrogens is 2. The monoisotopic (exact) mass is 378 g/mol. The van der Waals surface area contributed by atoms with Crippen LogP contribution in [0.15, 0.2) is 36.4 Å². The maximum atomic E-state index is 13.6. The third-order valence-electron chi connectivity index (χ3n) is 5.85. The fraction of sp³-hybridized carbons (Fsp3) is 0.364. The Labute approximate surface area is 163 Å². The van der Waals surface area contributed by atoms with Crippen LogP contribution in [0.3, 0.4) is 0 Å². The summed E-state index contributed by atoms with van der Waals surface area (Å²) in [5.74, 6) is 0.496. The molecule has 6 heteroatoms. The third-order valence-corrected chi connectivity index (χ3v) is 5.85. The van der Waals surface area contributed by atoms with Crippen molar-refractivity contribution in [3.05, 3.63) is 59.2 Å². The molecular formula is C22H23FN4O. The molecule has 2 aromatic carbocycles. The number of carbonyl (C=O) groups excluding carboxylic acids is 1. The van der Waals surface area contributed by atoms with Gasteiger partial charge in [-0.3, -0.25) is 4.79 Å². The van der Waals surface area contributed by atoms with Crippen LogP contribution in [0.2, 0.25) is 0 Å². The van der Waals surface area contributed by atoms with Crippen molar-refractivity contribution in [3.8, 4) is 0 Å². The van der Waals surface area contributed by atoms with Crippen LogP contribution in [0.4, 0.5) is 10.1 Å². The third kappa shape index (κ3) is 2.93. The molecule has 1 unspecified atom stereocenters. The summed E-state index contributed by atoms with van der Waals surface area (Å²) >= 11 is 0. The van der Waals surface area contributed by atoms with E-state index in [1.807, 2.05) is 17.0 Å². The van der Waals surface area contributed by atoms with Crippen LogP contribution in [0, 0.1) is 5.82 Å². The number of halogens is 1. The Balaban J connectivity index is 1.51. The van der Waals surface area contributed by atoms with Gasteiger partial charge in [0, 0.05) is 13.1 Å². The lowest BCUT2D eigenvalue weighted by atomic mass is 9.96. The zero-order chi connectivity index (χ0) is 19.1. The minimum absolute atomic E-state index is 0.0441. The van der Waals surface area contributed by atoms with Crippen molar-refractivity contribution in [2.24, 2.45) is 0 Å². The minimum atomic E-state index is -0.290. The SMILES string of the molecule is O=C(c1cccc2c1NCCC2)N1CCCCC1c1nc2ccc(F)cc2[nH]1. The zero-order valence-electron chi connectivity index (χ0n) is 15.7. The largest absolute Gasteiger partial charge is 0.384 e. The van der Waals surface area contributed by atoms with Gasteiger partial charge in [-0.15, -0.1) is 0 Å². The first-order valence-electron chi connectivity index (χ1n) is 10.0. The number of imidazole rings is 1. The Hall–Kier alpha value is -2.89. The molecule has 1 aromatic heterocycles. The molecule has 0 bridgehead atoms. The zero-order valence-corrected chi connectivity index (χ0v) is 15.7. The second-order valence-corrected chi connectivity index (χ2v) is 7.66. The number of rotatable bonds is 2. The Morgan fingerprint density at radius 3 is 3.04 bits per heavy atom. The van der Waals surface area contributed by atoms with Gasteiger partial charge in [0.2, 0.25) is 0 Å². The van der Waals surface area contributed by atoms with Crippen molar-refractivity contribution < 1.29 is 9.18 Å². The fourth-order valence-corrected chi connectivity index (χ4v) is 4.46. The van der Waals surface area contributed by atoms with E-state index in [9.17, 15) is 9.18 Å². The van der Waals surface area contributed by atoms with E-state index in [0.717, 1.165) is 61.2 Å². The van der Waals surface area contributed by atoms with Gasteiger partial charge >= 0.3 is 0 Å². The normalized spacial score (nSPS) is 19.3. The van der Waals surface area contributed by atoms with Crippen molar-refractivity contribution in [2.45, 2.75) is 38.1 Å². The number of carbonyl (C=O) groups is 1. The number of para-hydroxylation sites is 1. The smallest absolute Gasteiger partial charge is 0.256 e. The second-order valence-electron chi connectivity index (χ2n) is 7.66. The number of H-pyrrole nitrogens is 1. The molecule has 5 rings (SSSR count). The molecule has 1 atom stereocenters. The molecule has 0 aliphatic carbocycles. The van der Waals surface area contributed by atoms with Gasteiger partial charge in [0.25, 0.3) is 5.91 Å². The fourth-order valence-electron chi connectivity index (χ4n) is 4.46. The summed E-state index contributed by atoms with van der Waals surface area (Å²) in [5, 5.41) is 3.42. The van der Waals surface area contributed by atoms with Gasteiger partial charge in [0.1, 0.15) is 11.6 Å². The van der Waals surface area contributed by atoms with Crippen LogP contribution in [0.5, 0.6) is 0 Å². The average molecular weight is 378 g/mol. The number of piperidine rings is 1. The lowest BCUT2D eigenvalue weighted by molar-refractivity contribution is 0.0602. The van der Waals surface area contributed by atoms with Crippen LogP contribution in [0.1, 0.15) is 53.5 Å². The molecule has 144 valence electrons.